The third-order valence-electron chi connectivity index (χ3n) is 2.76. The Kier molecular flexibility index (Phi) is 4.88. The topological polar surface area (TPSA) is 54.3 Å². The standard InChI is InChI=1S/C13H16N2O2S/c1-18-13-4-2-3-12(11(13)7-14)15-8-10-9-16-5-6-17-10/h2-4,10,15H,5-6,8-9H2,1H3. The third kappa shape index (κ3) is 3.16. The molecule has 1 saturated heterocycles. The Hall–Kier alpha value is -1.22. The van der Waals surface area contributed by atoms with E-state index >= 15 is 0 Å². The van der Waals surface area contributed by atoms with Crippen molar-refractivity contribution in [3.8, 4) is 6.07 Å². The van der Waals surface area contributed by atoms with Gasteiger partial charge in [-0.05, 0) is 18.4 Å². The maximum atomic E-state index is 9.21. The summed E-state index contributed by atoms with van der Waals surface area (Å²) in [7, 11) is 0. The van der Waals surface area contributed by atoms with Crippen molar-refractivity contribution in [2.45, 2.75) is 11.0 Å². The summed E-state index contributed by atoms with van der Waals surface area (Å²) in [5, 5.41) is 12.5. The van der Waals surface area contributed by atoms with Crippen LogP contribution in [0.2, 0.25) is 0 Å². The van der Waals surface area contributed by atoms with Gasteiger partial charge in [0.15, 0.2) is 0 Å². The second-order valence-electron chi connectivity index (χ2n) is 3.94. The van der Waals surface area contributed by atoms with Gasteiger partial charge in [-0.15, -0.1) is 11.8 Å². The lowest BCUT2D eigenvalue weighted by Crippen LogP contribution is -2.34. The first-order chi connectivity index (χ1) is 8.85. The summed E-state index contributed by atoms with van der Waals surface area (Å²) in [4.78, 5) is 0.989. The Morgan fingerprint density at radius 1 is 1.50 bits per heavy atom. The number of hydrogen-bond donors (Lipinski definition) is 1. The Morgan fingerprint density at radius 2 is 2.39 bits per heavy atom. The fraction of sp³-hybridized carbons (Fsp3) is 0.462. The number of nitrogens with zero attached hydrogens (tertiary/aromatic N) is 1. The van der Waals surface area contributed by atoms with Gasteiger partial charge in [0.25, 0.3) is 0 Å². The molecule has 0 saturated carbocycles. The number of hydrogen-bond acceptors (Lipinski definition) is 5. The number of ether oxygens (including phenoxy) is 2. The van der Waals surface area contributed by atoms with Crippen molar-refractivity contribution in [2.24, 2.45) is 0 Å². The van der Waals surface area contributed by atoms with E-state index in [0.717, 1.165) is 10.6 Å². The van der Waals surface area contributed by atoms with E-state index < -0.39 is 0 Å². The van der Waals surface area contributed by atoms with Crippen LogP contribution < -0.4 is 5.32 Å². The molecule has 0 aliphatic carbocycles. The minimum absolute atomic E-state index is 0.0585. The molecule has 2 rings (SSSR count). The highest BCUT2D eigenvalue weighted by Gasteiger charge is 2.15. The highest BCUT2D eigenvalue weighted by Crippen LogP contribution is 2.26. The van der Waals surface area contributed by atoms with E-state index in [1.54, 1.807) is 11.8 Å². The summed E-state index contributed by atoms with van der Waals surface area (Å²) >= 11 is 1.58. The molecule has 5 heteroatoms. The van der Waals surface area contributed by atoms with Gasteiger partial charge in [-0.1, -0.05) is 6.07 Å². The van der Waals surface area contributed by atoms with Crippen LogP contribution in [0.3, 0.4) is 0 Å². The van der Waals surface area contributed by atoms with Crippen molar-refractivity contribution in [2.75, 3.05) is 37.9 Å². The summed E-state index contributed by atoms with van der Waals surface area (Å²) < 4.78 is 10.9. The maximum Gasteiger partial charge on any atom is 0.102 e. The lowest BCUT2D eigenvalue weighted by molar-refractivity contribution is -0.0818. The van der Waals surface area contributed by atoms with E-state index in [0.29, 0.717) is 31.9 Å². The molecule has 1 unspecified atom stereocenters. The first-order valence-corrected chi connectivity index (χ1v) is 7.08. The molecule has 1 atom stereocenters. The molecule has 1 aliphatic rings. The van der Waals surface area contributed by atoms with Crippen molar-refractivity contribution < 1.29 is 9.47 Å². The predicted molar refractivity (Wildman–Crippen MR) is 72.0 cm³/mol. The largest absolute Gasteiger partial charge is 0.381 e. The second kappa shape index (κ2) is 6.64. The van der Waals surface area contributed by atoms with Crippen LogP contribution in [-0.4, -0.2) is 38.7 Å². The van der Waals surface area contributed by atoms with Gasteiger partial charge >= 0.3 is 0 Å². The minimum atomic E-state index is 0.0585. The van der Waals surface area contributed by atoms with Crippen molar-refractivity contribution in [1.29, 1.82) is 5.26 Å². The van der Waals surface area contributed by atoms with E-state index in [1.807, 2.05) is 24.5 Å². The summed E-state index contributed by atoms with van der Waals surface area (Å²) in [6.45, 7) is 2.58. The van der Waals surface area contributed by atoms with E-state index in [1.165, 1.54) is 0 Å². The molecular weight excluding hydrogens is 248 g/mol. The molecule has 4 nitrogen and oxygen atoms in total. The van der Waals surface area contributed by atoms with Crippen LogP contribution in [0.1, 0.15) is 5.56 Å². The molecule has 1 aromatic carbocycles. The summed E-state index contributed by atoms with van der Waals surface area (Å²) in [5.74, 6) is 0. The lowest BCUT2D eigenvalue weighted by atomic mass is 10.2. The lowest BCUT2D eigenvalue weighted by Gasteiger charge is -2.23. The Morgan fingerprint density at radius 3 is 3.06 bits per heavy atom. The first-order valence-electron chi connectivity index (χ1n) is 5.85. The van der Waals surface area contributed by atoms with Gasteiger partial charge in [0.05, 0.1) is 37.2 Å². The number of benzene rings is 1. The zero-order chi connectivity index (χ0) is 12.8. The number of rotatable bonds is 4. The zero-order valence-corrected chi connectivity index (χ0v) is 11.1. The van der Waals surface area contributed by atoms with Crippen LogP contribution in [0.5, 0.6) is 0 Å². The summed E-state index contributed by atoms with van der Waals surface area (Å²) in [5.41, 5.74) is 1.56. The molecule has 0 spiro atoms. The highest BCUT2D eigenvalue weighted by atomic mass is 32.2. The van der Waals surface area contributed by atoms with Crippen LogP contribution in [-0.2, 0) is 9.47 Å². The Labute approximate surface area is 111 Å². The van der Waals surface area contributed by atoms with E-state index in [2.05, 4.69) is 11.4 Å². The van der Waals surface area contributed by atoms with Gasteiger partial charge < -0.3 is 14.8 Å². The zero-order valence-electron chi connectivity index (χ0n) is 10.3. The van der Waals surface area contributed by atoms with E-state index in [4.69, 9.17) is 9.47 Å². The molecule has 1 aliphatic heterocycles. The highest BCUT2D eigenvalue weighted by molar-refractivity contribution is 7.98. The Bertz CT molecular complexity index is 439. The second-order valence-corrected chi connectivity index (χ2v) is 4.79. The van der Waals surface area contributed by atoms with Crippen LogP contribution in [0.25, 0.3) is 0 Å². The van der Waals surface area contributed by atoms with Gasteiger partial charge in [0, 0.05) is 11.4 Å². The minimum Gasteiger partial charge on any atom is -0.381 e. The van der Waals surface area contributed by atoms with Crippen molar-refractivity contribution in [3.63, 3.8) is 0 Å². The maximum absolute atomic E-state index is 9.21. The molecule has 1 heterocycles. The fourth-order valence-electron chi connectivity index (χ4n) is 1.84. The molecular formula is C13H16N2O2S. The van der Waals surface area contributed by atoms with Crippen LogP contribution in [0.15, 0.2) is 23.1 Å². The number of nitriles is 1. The van der Waals surface area contributed by atoms with Crippen molar-refractivity contribution in [3.05, 3.63) is 23.8 Å². The third-order valence-corrected chi connectivity index (χ3v) is 3.54. The van der Waals surface area contributed by atoms with E-state index in [-0.39, 0.29) is 6.10 Å². The molecule has 0 bridgehead atoms. The number of anilines is 1. The van der Waals surface area contributed by atoms with Gasteiger partial charge in [-0.3, -0.25) is 0 Å². The number of nitrogens with one attached hydrogen (secondary N) is 1. The SMILES string of the molecule is CSc1cccc(NCC2COCCO2)c1C#N. The molecule has 18 heavy (non-hydrogen) atoms. The normalized spacial score (nSPS) is 19.2. The summed E-state index contributed by atoms with van der Waals surface area (Å²) in [6.07, 6.45) is 2.03. The molecule has 96 valence electrons. The Balaban J connectivity index is 2.02. The smallest absolute Gasteiger partial charge is 0.102 e. The predicted octanol–water partition coefficient (Wildman–Crippen LogP) is 2.11. The molecule has 0 radical (unpaired) electrons. The average Bonchev–Trinajstić information content (AvgIpc) is 2.45. The van der Waals surface area contributed by atoms with Gasteiger partial charge in [-0.2, -0.15) is 5.26 Å². The molecule has 0 aromatic heterocycles. The van der Waals surface area contributed by atoms with Crippen LogP contribution in [0, 0.1) is 11.3 Å². The monoisotopic (exact) mass is 264 g/mol. The van der Waals surface area contributed by atoms with Gasteiger partial charge in [0.2, 0.25) is 0 Å². The van der Waals surface area contributed by atoms with Gasteiger partial charge in [-0.25, -0.2) is 0 Å². The van der Waals surface area contributed by atoms with Crippen molar-refractivity contribution >= 4 is 17.4 Å². The average molecular weight is 264 g/mol. The van der Waals surface area contributed by atoms with Crippen LogP contribution >= 0.6 is 11.8 Å². The fourth-order valence-corrected chi connectivity index (χ4v) is 2.42. The summed E-state index contributed by atoms with van der Waals surface area (Å²) in [6, 6.07) is 8.07. The van der Waals surface area contributed by atoms with Crippen LogP contribution in [0.4, 0.5) is 5.69 Å². The molecule has 1 N–H and O–H groups in total. The molecule has 0 amide bonds. The van der Waals surface area contributed by atoms with Crippen molar-refractivity contribution in [1.82, 2.24) is 0 Å². The van der Waals surface area contributed by atoms with Gasteiger partial charge in [0.1, 0.15) is 6.07 Å². The molecule has 1 fully saturated rings. The first kappa shape index (κ1) is 13.2. The quantitative estimate of drug-likeness (QED) is 0.844. The number of thioether (sulfide) groups is 1. The van der Waals surface area contributed by atoms with E-state index in [9.17, 15) is 5.26 Å². The molecule has 1 aromatic rings.